The number of quaternary nitrogens is 1. The Bertz CT molecular complexity index is 1060. The first kappa shape index (κ1) is 24.6. The van der Waals surface area contributed by atoms with Gasteiger partial charge < -0.3 is 26.5 Å². The number of hydrogen-bond acceptors (Lipinski definition) is 4. The minimum Gasteiger partial charge on any atom is -1.00 e. The Hall–Kier alpha value is -2.63. The molecule has 0 amide bonds. The lowest BCUT2D eigenvalue weighted by Gasteiger charge is -2.18. The maximum absolute atomic E-state index is 12.9. The van der Waals surface area contributed by atoms with Crippen LogP contribution in [0.2, 0.25) is 0 Å². The summed E-state index contributed by atoms with van der Waals surface area (Å²) in [4.78, 5) is 27.2. The molecular weight excluding hydrogens is 414 g/mol. The number of para-hydroxylation sites is 1. The van der Waals surface area contributed by atoms with Crippen LogP contribution >= 0.6 is 0 Å². The van der Waals surface area contributed by atoms with Crippen molar-refractivity contribution in [2.45, 2.75) is 33.6 Å². The van der Waals surface area contributed by atoms with E-state index in [1.807, 2.05) is 30.3 Å². The van der Waals surface area contributed by atoms with E-state index in [0.717, 1.165) is 38.0 Å². The second-order valence-electron chi connectivity index (χ2n) is 7.57. The summed E-state index contributed by atoms with van der Waals surface area (Å²) in [5.74, 6) is 0.0221. The molecule has 0 fully saturated rings. The van der Waals surface area contributed by atoms with Gasteiger partial charge >= 0.3 is 5.97 Å². The Kier molecular flexibility index (Phi) is 9.28. The molecule has 0 aliphatic carbocycles. The molecule has 166 valence electrons. The molecule has 6 heteroatoms. The smallest absolute Gasteiger partial charge is 0.342 e. The van der Waals surface area contributed by atoms with E-state index in [1.54, 1.807) is 25.1 Å². The first-order chi connectivity index (χ1) is 14.6. The van der Waals surface area contributed by atoms with Crippen LogP contribution in [-0.2, 0) is 4.74 Å². The number of esters is 1. The molecule has 1 heterocycles. The zero-order chi connectivity index (χ0) is 21.5. The molecular formula is C25H30ClNO4. The van der Waals surface area contributed by atoms with E-state index in [9.17, 15) is 9.59 Å². The Morgan fingerprint density at radius 1 is 0.968 bits per heavy atom. The quantitative estimate of drug-likeness (QED) is 0.493. The Morgan fingerprint density at radius 3 is 2.29 bits per heavy atom. The Balaban J connectivity index is 0.00000341. The molecule has 0 bridgehead atoms. The van der Waals surface area contributed by atoms with Crippen LogP contribution in [0, 0.1) is 6.92 Å². The van der Waals surface area contributed by atoms with Crippen molar-refractivity contribution in [3.05, 3.63) is 69.9 Å². The molecule has 31 heavy (non-hydrogen) atoms. The Labute approximate surface area is 189 Å². The summed E-state index contributed by atoms with van der Waals surface area (Å²) in [6.07, 6.45) is 2.19. The first-order valence-electron chi connectivity index (χ1n) is 10.7. The molecule has 0 saturated carbocycles. The predicted octanol–water partition coefficient (Wildman–Crippen LogP) is 0.634. The highest BCUT2D eigenvalue weighted by atomic mass is 35.5. The summed E-state index contributed by atoms with van der Waals surface area (Å²) in [5, 5.41) is 0.394. The van der Waals surface area contributed by atoms with E-state index < -0.39 is 5.97 Å². The van der Waals surface area contributed by atoms with E-state index in [1.165, 1.54) is 4.90 Å². The molecule has 0 aliphatic rings. The molecule has 5 nitrogen and oxygen atoms in total. The average Bonchev–Trinajstić information content (AvgIpc) is 2.76. The summed E-state index contributed by atoms with van der Waals surface area (Å²) >= 11 is 0. The van der Waals surface area contributed by atoms with E-state index in [0.29, 0.717) is 23.3 Å². The molecule has 0 unspecified atom stereocenters. The van der Waals surface area contributed by atoms with Crippen LogP contribution in [0.25, 0.3) is 22.3 Å². The number of hydrogen-bond donors (Lipinski definition) is 1. The van der Waals surface area contributed by atoms with Crippen molar-refractivity contribution >= 4 is 16.9 Å². The summed E-state index contributed by atoms with van der Waals surface area (Å²) in [7, 11) is 0. The number of ether oxygens (including phenoxy) is 1. The molecule has 3 rings (SSSR count). The van der Waals surface area contributed by atoms with Gasteiger partial charge in [0.1, 0.15) is 24.5 Å². The molecule has 1 N–H and O–H groups in total. The fraction of sp³-hybridized carbons (Fsp3) is 0.360. The molecule has 0 atom stereocenters. The minimum atomic E-state index is -0.459. The number of nitrogens with one attached hydrogen (secondary N) is 1. The lowest BCUT2D eigenvalue weighted by Crippen LogP contribution is -3.12. The van der Waals surface area contributed by atoms with Gasteiger partial charge in [0, 0.05) is 11.1 Å². The van der Waals surface area contributed by atoms with Gasteiger partial charge in [-0.05, 0) is 31.9 Å². The largest absolute Gasteiger partial charge is 1.00 e. The van der Waals surface area contributed by atoms with E-state index in [-0.39, 0.29) is 29.0 Å². The molecule has 1 aromatic heterocycles. The molecule has 0 aliphatic heterocycles. The third-order valence-corrected chi connectivity index (χ3v) is 5.30. The topological polar surface area (TPSA) is 61.0 Å². The third kappa shape index (κ3) is 5.75. The number of benzene rings is 2. The molecule has 2 aromatic carbocycles. The van der Waals surface area contributed by atoms with Gasteiger partial charge in [0.2, 0.25) is 0 Å². The van der Waals surface area contributed by atoms with E-state index >= 15 is 0 Å². The number of carbonyl (C=O) groups is 1. The van der Waals surface area contributed by atoms with Crippen molar-refractivity contribution < 1.29 is 31.3 Å². The normalized spacial score (nSPS) is 10.8. The summed E-state index contributed by atoms with van der Waals surface area (Å²) in [6, 6.07) is 14.5. The highest BCUT2D eigenvalue weighted by molar-refractivity contribution is 6.02. The predicted molar refractivity (Wildman–Crippen MR) is 119 cm³/mol. The molecule has 3 aromatic rings. The SMILES string of the molecule is CCC[NH+](CCC)CCOC(=O)c1cccc2c(=O)c(C)c(-c3ccccc3)oc12.[Cl-]. The summed E-state index contributed by atoms with van der Waals surface area (Å²) < 4.78 is 11.7. The van der Waals surface area contributed by atoms with Crippen LogP contribution in [0.1, 0.15) is 42.6 Å². The van der Waals surface area contributed by atoms with Crippen molar-refractivity contribution in [2.24, 2.45) is 0 Å². The van der Waals surface area contributed by atoms with Crippen molar-refractivity contribution in [3.8, 4) is 11.3 Å². The zero-order valence-electron chi connectivity index (χ0n) is 18.4. The summed E-state index contributed by atoms with van der Waals surface area (Å²) in [5.41, 5.74) is 1.76. The van der Waals surface area contributed by atoms with Gasteiger partial charge in [0.15, 0.2) is 11.0 Å². The van der Waals surface area contributed by atoms with Gasteiger partial charge in [-0.2, -0.15) is 0 Å². The van der Waals surface area contributed by atoms with E-state index in [2.05, 4.69) is 13.8 Å². The second kappa shape index (κ2) is 11.7. The van der Waals surface area contributed by atoms with Crippen molar-refractivity contribution in [1.82, 2.24) is 0 Å². The van der Waals surface area contributed by atoms with Gasteiger partial charge in [0.05, 0.1) is 18.5 Å². The van der Waals surface area contributed by atoms with E-state index in [4.69, 9.17) is 9.15 Å². The molecule has 0 spiro atoms. The lowest BCUT2D eigenvalue weighted by atomic mass is 10.0. The fourth-order valence-electron chi connectivity index (χ4n) is 3.78. The van der Waals surface area contributed by atoms with Crippen LogP contribution in [0.5, 0.6) is 0 Å². The lowest BCUT2D eigenvalue weighted by molar-refractivity contribution is -0.900. The summed E-state index contributed by atoms with van der Waals surface area (Å²) in [6.45, 7) is 9.31. The third-order valence-electron chi connectivity index (χ3n) is 5.30. The monoisotopic (exact) mass is 443 g/mol. The highest BCUT2D eigenvalue weighted by Crippen LogP contribution is 2.27. The van der Waals surface area contributed by atoms with Crippen molar-refractivity contribution in [1.29, 1.82) is 0 Å². The van der Waals surface area contributed by atoms with Gasteiger partial charge in [-0.3, -0.25) is 4.79 Å². The van der Waals surface area contributed by atoms with Gasteiger partial charge in [-0.1, -0.05) is 50.2 Å². The average molecular weight is 444 g/mol. The van der Waals surface area contributed by atoms with Crippen LogP contribution in [0.15, 0.2) is 57.7 Å². The van der Waals surface area contributed by atoms with Crippen LogP contribution in [0.4, 0.5) is 0 Å². The highest BCUT2D eigenvalue weighted by Gasteiger charge is 2.19. The standard InChI is InChI=1S/C25H29NO4.ClH/c1-4-14-26(15-5-2)16-17-29-25(28)21-13-9-12-20-22(27)18(3)23(30-24(20)21)19-10-7-6-8-11-19;/h6-13H,4-5,14-17H2,1-3H3;1H. The van der Waals surface area contributed by atoms with Crippen molar-refractivity contribution in [3.63, 3.8) is 0 Å². The zero-order valence-corrected chi connectivity index (χ0v) is 19.1. The number of fused-ring (bicyclic) bond motifs is 1. The fourth-order valence-corrected chi connectivity index (χ4v) is 3.78. The Morgan fingerprint density at radius 2 is 1.65 bits per heavy atom. The van der Waals surface area contributed by atoms with Gasteiger partial charge in [-0.25, -0.2) is 4.79 Å². The number of carbonyl (C=O) groups excluding carboxylic acids is 1. The maximum Gasteiger partial charge on any atom is 0.342 e. The second-order valence-corrected chi connectivity index (χ2v) is 7.57. The molecule has 0 saturated heterocycles. The van der Waals surface area contributed by atoms with Gasteiger partial charge in [0.25, 0.3) is 0 Å². The van der Waals surface area contributed by atoms with Crippen molar-refractivity contribution in [2.75, 3.05) is 26.2 Å². The van der Waals surface area contributed by atoms with Crippen LogP contribution < -0.4 is 22.7 Å². The maximum atomic E-state index is 12.9. The minimum absolute atomic E-state index is 0. The van der Waals surface area contributed by atoms with Crippen LogP contribution in [-0.4, -0.2) is 32.2 Å². The van der Waals surface area contributed by atoms with Gasteiger partial charge in [-0.15, -0.1) is 0 Å². The number of halogens is 1. The van der Waals surface area contributed by atoms with Crippen LogP contribution in [0.3, 0.4) is 0 Å². The number of rotatable bonds is 9. The molecule has 0 radical (unpaired) electrons. The first-order valence-corrected chi connectivity index (χ1v) is 10.7.